The van der Waals surface area contributed by atoms with Gasteiger partial charge in [-0.3, -0.25) is 0 Å². The van der Waals surface area contributed by atoms with Gasteiger partial charge in [0.2, 0.25) is 5.95 Å². The highest BCUT2D eigenvalue weighted by molar-refractivity contribution is 7.99. The summed E-state index contributed by atoms with van der Waals surface area (Å²) in [5.74, 6) is 8.37. The van der Waals surface area contributed by atoms with E-state index in [0.717, 1.165) is 35.1 Å². The molecule has 0 radical (unpaired) electrons. The number of pyridine rings is 1. The molecular weight excluding hydrogens is 410 g/mol. The Hall–Kier alpha value is -2.52. The molecular formula is C22H33N7OS. The number of ether oxygens (including phenoxy) is 1. The van der Waals surface area contributed by atoms with Gasteiger partial charge in [0.05, 0.1) is 35.4 Å². The number of hydrazine groups is 1. The number of nitrogens with two attached hydrogens (primary N) is 2. The maximum atomic E-state index is 6.45. The largest absolute Gasteiger partial charge is 0.489 e. The van der Waals surface area contributed by atoms with Gasteiger partial charge < -0.3 is 20.8 Å². The van der Waals surface area contributed by atoms with E-state index >= 15 is 0 Å². The summed E-state index contributed by atoms with van der Waals surface area (Å²) in [7, 11) is 1.75. The van der Waals surface area contributed by atoms with E-state index in [0.29, 0.717) is 29.6 Å². The third-order valence-electron chi connectivity index (χ3n) is 5.23. The van der Waals surface area contributed by atoms with Crippen molar-refractivity contribution in [2.24, 2.45) is 11.6 Å². The fourth-order valence-corrected chi connectivity index (χ4v) is 4.17. The molecule has 0 atom stereocenters. The third kappa shape index (κ3) is 6.48. The van der Waals surface area contributed by atoms with Gasteiger partial charge in [-0.25, -0.2) is 20.8 Å². The van der Waals surface area contributed by atoms with E-state index in [-0.39, 0.29) is 6.10 Å². The molecule has 31 heavy (non-hydrogen) atoms. The number of aryl methyl sites for hydroxylation is 1. The Morgan fingerprint density at radius 3 is 2.68 bits per heavy atom. The summed E-state index contributed by atoms with van der Waals surface area (Å²) < 4.78 is 6.18. The summed E-state index contributed by atoms with van der Waals surface area (Å²) in [6, 6.07) is 5.73. The summed E-state index contributed by atoms with van der Waals surface area (Å²) in [6.07, 6.45) is 8.00. The molecule has 1 aliphatic carbocycles. The molecule has 1 aliphatic rings. The van der Waals surface area contributed by atoms with Gasteiger partial charge >= 0.3 is 0 Å². The molecule has 0 amide bonds. The molecule has 0 aliphatic heterocycles. The predicted molar refractivity (Wildman–Crippen MR) is 126 cm³/mol. The minimum absolute atomic E-state index is 0.282. The lowest BCUT2D eigenvalue weighted by atomic mass is 9.98. The predicted octanol–water partition coefficient (Wildman–Crippen LogP) is 3.55. The normalized spacial score (nSPS) is 15.4. The summed E-state index contributed by atoms with van der Waals surface area (Å²) >= 11 is 1.66. The van der Waals surface area contributed by atoms with Gasteiger partial charge in [0.1, 0.15) is 10.8 Å². The Bertz CT molecular complexity index is 897. The van der Waals surface area contributed by atoms with Crippen LogP contribution in [-0.4, -0.2) is 45.4 Å². The van der Waals surface area contributed by atoms with Crippen LogP contribution < -0.4 is 21.6 Å². The number of nitrogens with zero attached hydrogens (tertiary/aromatic N) is 4. The first-order valence-electron chi connectivity index (χ1n) is 10.8. The first-order chi connectivity index (χ1) is 15.0. The van der Waals surface area contributed by atoms with Gasteiger partial charge in [-0.15, -0.1) is 11.8 Å². The second kappa shape index (κ2) is 11.2. The van der Waals surface area contributed by atoms with Crippen molar-refractivity contribution in [3.05, 3.63) is 41.5 Å². The molecule has 2 aromatic rings. The molecule has 0 aromatic carbocycles. The molecule has 3 rings (SSSR count). The van der Waals surface area contributed by atoms with E-state index in [1.807, 2.05) is 25.1 Å². The van der Waals surface area contributed by atoms with Gasteiger partial charge in [-0.2, -0.15) is 0 Å². The topological polar surface area (TPSA) is 115 Å². The quantitative estimate of drug-likeness (QED) is 0.231. The number of aromatic nitrogens is 3. The molecule has 9 heteroatoms. The molecule has 1 fully saturated rings. The third-order valence-corrected chi connectivity index (χ3v) is 6.04. The molecule has 0 unspecified atom stereocenters. The molecule has 2 aromatic heterocycles. The molecule has 168 valence electrons. The summed E-state index contributed by atoms with van der Waals surface area (Å²) in [5, 5.41) is 5.63. The number of hydrogen-bond donors (Lipinski definition) is 3. The van der Waals surface area contributed by atoms with Crippen LogP contribution in [0.5, 0.6) is 5.75 Å². The zero-order valence-corrected chi connectivity index (χ0v) is 19.4. The van der Waals surface area contributed by atoms with Gasteiger partial charge in [0.15, 0.2) is 0 Å². The van der Waals surface area contributed by atoms with Crippen LogP contribution in [0.4, 0.5) is 5.95 Å². The maximum Gasteiger partial charge on any atom is 0.224 e. The lowest BCUT2D eigenvalue weighted by Crippen LogP contribution is -2.32. The Morgan fingerprint density at radius 2 is 2.00 bits per heavy atom. The molecule has 0 bridgehead atoms. The van der Waals surface area contributed by atoms with Crippen molar-refractivity contribution in [3.8, 4) is 5.75 Å². The van der Waals surface area contributed by atoms with Crippen LogP contribution in [0, 0.1) is 6.92 Å². The number of anilines is 1. The fraction of sp³-hybridized carbons (Fsp3) is 0.500. The average Bonchev–Trinajstić information content (AvgIpc) is 2.76. The first-order valence-corrected chi connectivity index (χ1v) is 11.8. The molecule has 0 spiro atoms. The van der Waals surface area contributed by atoms with E-state index in [4.69, 9.17) is 16.3 Å². The minimum Gasteiger partial charge on any atom is -0.489 e. The van der Waals surface area contributed by atoms with Crippen molar-refractivity contribution in [1.82, 2.24) is 20.0 Å². The lowest BCUT2D eigenvalue weighted by molar-refractivity contribution is 0.153. The highest BCUT2D eigenvalue weighted by atomic mass is 32.2. The monoisotopic (exact) mass is 443 g/mol. The minimum atomic E-state index is 0.282. The Kier molecular flexibility index (Phi) is 8.36. The molecule has 8 nitrogen and oxygen atoms in total. The second-order valence-electron chi connectivity index (χ2n) is 7.63. The van der Waals surface area contributed by atoms with Crippen LogP contribution >= 0.6 is 11.8 Å². The number of rotatable bonds is 9. The van der Waals surface area contributed by atoms with Gasteiger partial charge in [-0.05, 0) is 56.6 Å². The van der Waals surface area contributed by atoms with Crippen molar-refractivity contribution in [3.63, 3.8) is 0 Å². The Morgan fingerprint density at radius 1 is 1.23 bits per heavy atom. The number of thioether (sulfide) groups is 1. The molecule has 2 heterocycles. The van der Waals surface area contributed by atoms with Crippen molar-refractivity contribution < 1.29 is 4.74 Å². The highest BCUT2D eigenvalue weighted by Crippen LogP contribution is 2.26. The van der Waals surface area contributed by atoms with E-state index in [2.05, 4.69) is 27.2 Å². The summed E-state index contributed by atoms with van der Waals surface area (Å²) in [4.78, 5) is 13.5. The smallest absolute Gasteiger partial charge is 0.224 e. The van der Waals surface area contributed by atoms with E-state index in [1.54, 1.807) is 25.0 Å². The average molecular weight is 444 g/mol. The van der Waals surface area contributed by atoms with E-state index in [1.165, 1.54) is 24.3 Å². The molecule has 0 saturated heterocycles. The van der Waals surface area contributed by atoms with Crippen LogP contribution in [0.25, 0.3) is 5.70 Å². The number of hydrogen-bond acceptors (Lipinski definition) is 9. The van der Waals surface area contributed by atoms with Crippen LogP contribution in [0.15, 0.2) is 35.1 Å². The van der Waals surface area contributed by atoms with E-state index < -0.39 is 0 Å². The second-order valence-corrected chi connectivity index (χ2v) is 8.92. The lowest BCUT2D eigenvalue weighted by Gasteiger charge is -2.24. The molecule has 5 N–H and O–H groups in total. The van der Waals surface area contributed by atoms with Crippen molar-refractivity contribution in [2.75, 3.05) is 24.7 Å². The first kappa shape index (κ1) is 23.1. The standard InChI is InChI=1S/C22H33N7OS/c1-4-31-20-12-13-25-22(28-20)26-14-18(29(3)24)21(23)17-10-11-19(15(2)27-17)30-16-8-6-5-7-9-16/h10-13,16H,4-9,14,23-24H2,1-3H3,(H,25,26,28)/b21-18-. The highest BCUT2D eigenvalue weighted by Gasteiger charge is 2.17. The SMILES string of the molecule is CCSc1ccnc(NC/C(=C(/N)c2ccc(OC3CCCCC3)c(C)n2)N(C)N)n1. The van der Waals surface area contributed by atoms with Crippen molar-refractivity contribution in [1.29, 1.82) is 0 Å². The summed E-state index contributed by atoms with van der Waals surface area (Å²) in [5.41, 5.74) is 9.15. The maximum absolute atomic E-state index is 6.45. The van der Waals surface area contributed by atoms with Crippen LogP contribution in [0.1, 0.15) is 50.4 Å². The van der Waals surface area contributed by atoms with Crippen molar-refractivity contribution in [2.45, 2.75) is 57.1 Å². The number of nitrogens with one attached hydrogen (secondary N) is 1. The van der Waals surface area contributed by atoms with E-state index in [9.17, 15) is 0 Å². The zero-order valence-electron chi connectivity index (χ0n) is 18.6. The zero-order chi connectivity index (χ0) is 22.2. The van der Waals surface area contributed by atoms with Crippen LogP contribution in [-0.2, 0) is 0 Å². The number of likely N-dealkylation sites (N-methyl/N-ethyl adjacent to an activating group) is 1. The summed E-state index contributed by atoms with van der Waals surface area (Å²) in [6.45, 7) is 4.41. The fourth-order valence-electron chi connectivity index (χ4n) is 3.56. The Labute approximate surface area is 188 Å². The Balaban J connectivity index is 1.74. The van der Waals surface area contributed by atoms with Crippen LogP contribution in [0.2, 0.25) is 0 Å². The van der Waals surface area contributed by atoms with Crippen molar-refractivity contribution >= 4 is 23.4 Å². The van der Waals surface area contributed by atoms with Gasteiger partial charge in [0.25, 0.3) is 0 Å². The van der Waals surface area contributed by atoms with Gasteiger partial charge in [-0.1, -0.05) is 13.3 Å². The van der Waals surface area contributed by atoms with Gasteiger partial charge in [0, 0.05) is 13.2 Å². The molecule has 1 saturated carbocycles. The van der Waals surface area contributed by atoms with Crippen LogP contribution in [0.3, 0.4) is 0 Å².